The number of amides is 1. The second-order valence-electron chi connectivity index (χ2n) is 4.59. The summed E-state index contributed by atoms with van der Waals surface area (Å²) in [5.74, 6) is 0. The molecule has 4 nitrogen and oxygen atoms in total. The van der Waals surface area contributed by atoms with Gasteiger partial charge in [-0.1, -0.05) is 0 Å². The van der Waals surface area contributed by atoms with Crippen LogP contribution in [0.1, 0.15) is 27.2 Å². The molecule has 0 unspecified atom stereocenters. The van der Waals surface area contributed by atoms with E-state index in [2.05, 4.69) is 22.4 Å². The normalized spacial score (nSPS) is 21.0. The topological polar surface area (TPSA) is 41.9 Å². The van der Waals surface area contributed by atoms with E-state index in [1.54, 1.807) is 4.90 Å². The highest BCUT2D eigenvalue weighted by Crippen LogP contribution is 2.16. The van der Waals surface area contributed by atoms with E-state index in [4.69, 9.17) is 4.74 Å². The van der Waals surface area contributed by atoms with Gasteiger partial charge in [-0.25, -0.2) is 9.79 Å². The molecule has 0 aromatic rings. The molecule has 0 aromatic heterocycles. The van der Waals surface area contributed by atoms with Crippen molar-refractivity contribution in [2.45, 2.75) is 38.8 Å². The molecule has 15 heavy (non-hydrogen) atoms. The number of carbonyl (C=O) groups is 1. The standard InChI is InChI=1S/C10H16N2O2S/c1-10(2,3)14-9(13)12-5-4-8(6-12)11-7-15/h8H,4-6H2,1-3H3/t8-/m1/s1. The van der Waals surface area contributed by atoms with Gasteiger partial charge in [-0.05, 0) is 39.4 Å². The number of ether oxygens (including phenoxy) is 1. The largest absolute Gasteiger partial charge is 0.444 e. The van der Waals surface area contributed by atoms with Gasteiger partial charge in [-0.3, -0.25) is 0 Å². The zero-order valence-corrected chi connectivity index (χ0v) is 10.1. The predicted octanol–water partition coefficient (Wildman–Crippen LogP) is 2.10. The van der Waals surface area contributed by atoms with Gasteiger partial charge in [0.25, 0.3) is 0 Å². The first kappa shape index (κ1) is 12.1. The summed E-state index contributed by atoms with van der Waals surface area (Å²) in [6, 6.07) is 0.0926. The minimum atomic E-state index is -0.442. The van der Waals surface area contributed by atoms with Gasteiger partial charge in [0.1, 0.15) is 5.60 Å². The Balaban J connectivity index is 2.47. The van der Waals surface area contributed by atoms with Gasteiger partial charge >= 0.3 is 6.09 Å². The molecule has 1 aliphatic rings. The average Bonchev–Trinajstić information content (AvgIpc) is 2.50. The molecule has 1 amide bonds. The first-order valence-corrected chi connectivity index (χ1v) is 5.38. The number of hydrogen-bond acceptors (Lipinski definition) is 4. The summed E-state index contributed by atoms with van der Waals surface area (Å²) in [7, 11) is 0. The fourth-order valence-electron chi connectivity index (χ4n) is 1.41. The van der Waals surface area contributed by atoms with Crippen LogP contribution < -0.4 is 0 Å². The van der Waals surface area contributed by atoms with E-state index < -0.39 is 5.60 Å². The monoisotopic (exact) mass is 228 g/mol. The number of aliphatic imine (C=N–C) groups is 1. The molecule has 0 radical (unpaired) electrons. The Labute approximate surface area is 95.3 Å². The molecule has 84 valence electrons. The van der Waals surface area contributed by atoms with Crippen LogP contribution in [0.4, 0.5) is 4.79 Å². The maximum atomic E-state index is 11.6. The zero-order chi connectivity index (χ0) is 11.5. The highest BCUT2D eigenvalue weighted by atomic mass is 32.1. The molecule has 1 fully saturated rings. The van der Waals surface area contributed by atoms with E-state index in [0.717, 1.165) is 6.42 Å². The van der Waals surface area contributed by atoms with Crippen LogP contribution in [0, 0.1) is 0 Å². The van der Waals surface area contributed by atoms with Gasteiger partial charge < -0.3 is 9.64 Å². The molecule has 0 bridgehead atoms. The Morgan fingerprint density at radius 2 is 2.27 bits per heavy atom. The van der Waals surface area contributed by atoms with Crippen molar-refractivity contribution in [2.75, 3.05) is 13.1 Å². The lowest BCUT2D eigenvalue weighted by molar-refractivity contribution is 0.0293. The van der Waals surface area contributed by atoms with Crippen molar-refractivity contribution in [3.05, 3.63) is 0 Å². The van der Waals surface area contributed by atoms with Crippen molar-refractivity contribution in [1.82, 2.24) is 4.90 Å². The van der Waals surface area contributed by atoms with Crippen LogP contribution >= 0.6 is 12.2 Å². The lowest BCUT2D eigenvalue weighted by Crippen LogP contribution is -2.35. The minimum absolute atomic E-state index is 0.0926. The van der Waals surface area contributed by atoms with E-state index in [1.807, 2.05) is 20.8 Å². The molecule has 1 atom stereocenters. The van der Waals surface area contributed by atoms with Gasteiger partial charge in [0, 0.05) is 13.1 Å². The Morgan fingerprint density at radius 1 is 1.60 bits per heavy atom. The third-order valence-corrected chi connectivity index (χ3v) is 2.16. The predicted molar refractivity (Wildman–Crippen MR) is 61.2 cm³/mol. The van der Waals surface area contributed by atoms with Gasteiger partial charge in [0.2, 0.25) is 0 Å². The molecule has 0 spiro atoms. The van der Waals surface area contributed by atoms with Gasteiger partial charge in [-0.15, -0.1) is 0 Å². The van der Waals surface area contributed by atoms with E-state index in [9.17, 15) is 4.79 Å². The molecule has 5 heteroatoms. The van der Waals surface area contributed by atoms with Crippen LogP contribution in [0.25, 0.3) is 0 Å². The van der Waals surface area contributed by atoms with E-state index in [1.165, 1.54) is 0 Å². The number of thiocarbonyl (C=S) groups is 1. The number of hydrogen-bond donors (Lipinski definition) is 0. The van der Waals surface area contributed by atoms with Crippen LogP contribution in [0.3, 0.4) is 0 Å². The third-order valence-electron chi connectivity index (χ3n) is 2.05. The van der Waals surface area contributed by atoms with Gasteiger partial charge in [-0.2, -0.15) is 0 Å². The van der Waals surface area contributed by atoms with Crippen LogP contribution in [0.5, 0.6) is 0 Å². The fourth-order valence-corrected chi connectivity index (χ4v) is 1.56. The smallest absolute Gasteiger partial charge is 0.410 e. The molecule has 1 aliphatic heterocycles. The zero-order valence-electron chi connectivity index (χ0n) is 9.32. The molecule has 1 rings (SSSR count). The molecule has 0 aliphatic carbocycles. The molecule has 0 saturated carbocycles. The van der Waals surface area contributed by atoms with Gasteiger partial charge in [0.05, 0.1) is 11.2 Å². The fraction of sp³-hybridized carbons (Fsp3) is 0.800. The van der Waals surface area contributed by atoms with Crippen molar-refractivity contribution in [2.24, 2.45) is 4.99 Å². The molecule has 1 heterocycles. The van der Waals surface area contributed by atoms with Crippen molar-refractivity contribution in [3.8, 4) is 0 Å². The molecule has 0 aromatic carbocycles. The SMILES string of the molecule is CC(C)(C)OC(=O)N1CC[C@@H](N=C=S)C1. The maximum Gasteiger partial charge on any atom is 0.410 e. The number of nitrogens with zero attached hydrogens (tertiary/aromatic N) is 2. The number of isothiocyanates is 1. The molecule has 1 saturated heterocycles. The molecule has 0 N–H and O–H groups in total. The highest BCUT2D eigenvalue weighted by Gasteiger charge is 2.29. The number of carbonyl (C=O) groups excluding carboxylic acids is 1. The number of likely N-dealkylation sites (tertiary alicyclic amines) is 1. The Kier molecular flexibility index (Phi) is 3.83. The summed E-state index contributed by atoms with van der Waals surface area (Å²) in [6.07, 6.45) is 0.563. The second kappa shape index (κ2) is 4.73. The van der Waals surface area contributed by atoms with Crippen LogP contribution in [-0.4, -0.2) is 40.9 Å². The third kappa shape index (κ3) is 3.98. The van der Waals surface area contributed by atoms with Crippen LogP contribution in [0.15, 0.2) is 4.99 Å². The van der Waals surface area contributed by atoms with Crippen molar-refractivity contribution < 1.29 is 9.53 Å². The Morgan fingerprint density at radius 3 is 2.80 bits per heavy atom. The summed E-state index contributed by atoms with van der Waals surface area (Å²) in [4.78, 5) is 17.3. The lowest BCUT2D eigenvalue weighted by Gasteiger charge is -2.24. The first-order valence-electron chi connectivity index (χ1n) is 4.97. The van der Waals surface area contributed by atoms with Crippen molar-refractivity contribution >= 4 is 23.5 Å². The second-order valence-corrected chi connectivity index (χ2v) is 4.77. The molecular formula is C10H16N2O2S. The summed E-state index contributed by atoms with van der Waals surface area (Å²) in [6.45, 7) is 6.83. The summed E-state index contributed by atoms with van der Waals surface area (Å²) in [5, 5.41) is 2.35. The summed E-state index contributed by atoms with van der Waals surface area (Å²) < 4.78 is 5.25. The van der Waals surface area contributed by atoms with Gasteiger partial charge in [0.15, 0.2) is 0 Å². The Hall–Kier alpha value is -0.930. The van der Waals surface area contributed by atoms with Crippen molar-refractivity contribution in [1.29, 1.82) is 0 Å². The highest BCUT2D eigenvalue weighted by molar-refractivity contribution is 7.78. The minimum Gasteiger partial charge on any atom is -0.444 e. The lowest BCUT2D eigenvalue weighted by atomic mass is 10.2. The van der Waals surface area contributed by atoms with E-state index in [0.29, 0.717) is 13.1 Å². The van der Waals surface area contributed by atoms with Crippen molar-refractivity contribution in [3.63, 3.8) is 0 Å². The van der Waals surface area contributed by atoms with Crippen LogP contribution in [0.2, 0.25) is 0 Å². The van der Waals surface area contributed by atoms with E-state index in [-0.39, 0.29) is 12.1 Å². The van der Waals surface area contributed by atoms with Crippen LogP contribution in [-0.2, 0) is 4.74 Å². The maximum absolute atomic E-state index is 11.6. The molecular weight excluding hydrogens is 212 g/mol. The quantitative estimate of drug-likeness (QED) is 0.510. The summed E-state index contributed by atoms with van der Waals surface area (Å²) >= 11 is 4.53. The summed E-state index contributed by atoms with van der Waals surface area (Å²) in [5.41, 5.74) is -0.442. The van der Waals surface area contributed by atoms with E-state index >= 15 is 0 Å². The first-order chi connectivity index (χ1) is 6.92. The number of rotatable bonds is 1. The Bertz CT molecular complexity index is 292. The average molecular weight is 228 g/mol.